The fourth-order valence-corrected chi connectivity index (χ4v) is 3.64. The number of amides is 1. The molecular weight excluding hydrogens is 370 g/mol. The molecule has 2 atom stereocenters. The van der Waals surface area contributed by atoms with Crippen molar-refractivity contribution in [3.05, 3.63) is 41.6 Å². The van der Waals surface area contributed by atoms with Gasteiger partial charge in [-0.15, -0.1) is 0 Å². The van der Waals surface area contributed by atoms with Gasteiger partial charge in [0.25, 0.3) is 5.91 Å². The van der Waals surface area contributed by atoms with E-state index in [0.717, 1.165) is 25.7 Å². The van der Waals surface area contributed by atoms with E-state index in [1.807, 2.05) is 0 Å². The number of rotatable bonds is 6. The van der Waals surface area contributed by atoms with E-state index in [9.17, 15) is 20.0 Å². The van der Waals surface area contributed by atoms with Crippen LogP contribution in [-0.2, 0) is 10.2 Å². The molecule has 1 amide bonds. The van der Waals surface area contributed by atoms with Crippen molar-refractivity contribution >= 4 is 23.4 Å². The summed E-state index contributed by atoms with van der Waals surface area (Å²) < 4.78 is 1.68. The highest BCUT2D eigenvalue weighted by Crippen LogP contribution is 2.34. The predicted molar refractivity (Wildman–Crippen MR) is 108 cm³/mol. The number of aliphatic carboxylic acids is 1. The Hall–Kier alpha value is -3.34. The SMILES string of the molecule is CC(C)(C(=O)O)c1ccc(Nc2nn([C@@H]3CCCC[C@H]3C#N)cc2C(N)=O)cc1. The number of carbonyl (C=O) groups is 2. The van der Waals surface area contributed by atoms with Gasteiger partial charge >= 0.3 is 5.97 Å². The van der Waals surface area contributed by atoms with Crippen LogP contribution in [0.25, 0.3) is 0 Å². The molecule has 8 heteroatoms. The van der Waals surface area contributed by atoms with Crippen molar-refractivity contribution in [3.63, 3.8) is 0 Å². The third-order valence-electron chi connectivity index (χ3n) is 5.64. The molecule has 1 fully saturated rings. The van der Waals surface area contributed by atoms with Gasteiger partial charge in [-0.1, -0.05) is 25.0 Å². The average molecular weight is 395 g/mol. The van der Waals surface area contributed by atoms with Crippen LogP contribution in [0, 0.1) is 17.2 Å². The summed E-state index contributed by atoms with van der Waals surface area (Å²) in [7, 11) is 0. The van der Waals surface area contributed by atoms with Gasteiger partial charge in [0.15, 0.2) is 5.82 Å². The molecule has 0 saturated heterocycles. The summed E-state index contributed by atoms with van der Waals surface area (Å²) in [6, 6.07) is 9.19. The topological polar surface area (TPSA) is 134 Å². The molecule has 1 aliphatic rings. The highest BCUT2D eigenvalue weighted by atomic mass is 16.4. The third kappa shape index (κ3) is 4.09. The van der Waals surface area contributed by atoms with Crippen molar-refractivity contribution in [1.29, 1.82) is 5.26 Å². The molecule has 0 spiro atoms. The first-order chi connectivity index (χ1) is 13.7. The van der Waals surface area contributed by atoms with Gasteiger partial charge in [-0.3, -0.25) is 14.3 Å². The zero-order valence-corrected chi connectivity index (χ0v) is 16.6. The molecule has 1 aromatic carbocycles. The van der Waals surface area contributed by atoms with Crippen LogP contribution in [0.3, 0.4) is 0 Å². The minimum Gasteiger partial charge on any atom is -0.481 e. The summed E-state index contributed by atoms with van der Waals surface area (Å²) in [5.74, 6) is -1.33. The zero-order chi connectivity index (χ0) is 21.2. The maximum atomic E-state index is 11.9. The number of primary amides is 1. The van der Waals surface area contributed by atoms with E-state index < -0.39 is 17.3 Å². The molecule has 0 bridgehead atoms. The van der Waals surface area contributed by atoms with E-state index in [2.05, 4.69) is 16.5 Å². The first kappa shape index (κ1) is 20.4. The Morgan fingerprint density at radius 2 is 1.93 bits per heavy atom. The smallest absolute Gasteiger partial charge is 0.313 e. The van der Waals surface area contributed by atoms with Crippen molar-refractivity contribution in [2.45, 2.75) is 51.0 Å². The Morgan fingerprint density at radius 1 is 1.28 bits per heavy atom. The molecule has 1 saturated carbocycles. The van der Waals surface area contributed by atoms with Gasteiger partial charge in [-0.2, -0.15) is 10.4 Å². The van der Waals surface area contributed by atoms with E-state index >= 15 is 0 Å². The molecule has 0 radical (unpaired) electrons. The number of hydrogen-bond acceptors (Lipinski definition) is 5. The third-order valence-corrected chi connectivity index (χ3v) is 5.64. The molecule has 1 aliphatic carbocycles. The molecule has 1 heterocycles. The molecule has 29 heavy (non-hydrogen) atoms. The summed E-state index contributed by atoms with van der Waals surface area (Å²) in [5, 5.41) is 26.4. The Morgan fingerprint density at radius 3 is 2.52 bits per heavy atom. The lowest BCUT2D eigenvalue weighted by Gasteiger charge is -2.26. The number of nitriles is 1. The van der Waals surface area contributed by atoms with E-state index in [4.69, 9.17) is 5.73 Å². The predicted octanol–water partition coefficient (Wildman–Crippen LogP) is 3.34. The summed E-state index contributed by atoms with van der Waals surface area (Å²) >= 11 is 0. The van der Waals surface area contributed by atoms with Crippen molar-refractivity contribution < 1.29 is 14.7 Å². The van der Waals surface area contributed by atoms with E-state index in [1.54, 1.807) is 49.0 Å². The Bertz CT molecular complexity index is 956. The van der Waals surface area contributed by atoms with E-state index in [1.165, 1.54) is 0 Å². The lowest BCUT2D eigenvalue weighted by Crippen LogP contribution is -2.28. The van der Waals surface area contributed by atoms with Gasteiger partial charge in [-0.05, 0) is 44.4 Å². The fraction of sp³-hybridized carbons (Fsp3) is 0.429. The standard InChI is InChI=1S/C21H25N5O3/c1-21(2,20(28)29)14-7-9-15(10-8-14)24-19-16(18(23)27)12-26(25-19)17-6-4-3-5-13(17)11-22/h7-10,12-13,17H,3-6H2,1-2H3,(H2,23,27)(H,24,25)(H,28,29)/t13-,17+/m0/s1. The maximum absolute atomic E-state index is 11.9. The maximum Gasteiger partial charge on any atom is 0.313 e. The van der Waals surface area contributed by atoms with Crippen molar-refractivity contribution in [1.82, 2.24) is 9.78 Å². The van der Waals surface area contributed by atoms with E-state index in [0.29, 0.717) is 17.1 Å². The Labute approximate surface area is 169 Å². The summed E-state index contributed by atoms with van der Waals surface area (Å²) in [6.45, 7) is 3.28. The number of carbonyl (C=O) groups excluding carboxylic acids is 1. The van der Waals surface area contributed by atoms with E-state index in [-0.39, 0.29) is 17.5 Å². The molecule has 0 unspecified atom stereocenters. The van der Waals surface area contributed by atoms with Crippen LogP contribution in [0.1, 0.15) is 61.5 Å². The number of hydrogen-bond donors (Lipinski definition) is 3. The number of nitrogens with zero attached hydrogens (tertiary/aromatic N) is 3. The lowest BCUT2D eigenvalue weighted by atomic mass is 9.85. The summed E-state index contributed by atoms with van der Waals surface area (Å²) in [5.41, 5.74) is 6.09. The van der Waals surface area contributed by atoms with Crippen molar-refractivity contribution in [2.24, 2.45) is 11.7 Å². The van der Waals surface area contributed by atoms with Gasteiger partial charge in [0.2, 0.25) is 0 Å². The van der Waals surface area contributed by atoms with Gasteiger partial charge in [0.05, 0.1) is 23.4 Å². The number of nitrogens with two attached hydrogens (primary N) is 1. The second-order valence-electron chi connectivity index (χ2n) is 7.96. The van der Waals surface area contributed by atoms with Gasteiger partial charge in [0, 0.05) is 11.9 Å². The minimum absolute atomic E-state index is 0.0823. The Balaban J connectivity index is 1.87. The number of carboxylic acid groups (broad SMARTS) is 1. The van der Waals surface area contributed by atoms with Crippen LogP contribution in [0.5, 0.6) is 0 Å². The molecule has 8 nitrogen and oxygen atoms in total. The first-order valence-electron chi connectivity index (χ1n) is 9.63. The van der Waals surface area contributed by atoms with Crippen LogP contribution in [0.2, 0.25) is 0 Å². The quantitative estimate of drug-likeness (QED) is 0.687. The second-order valence-corrected chi connectivity index (χ2v) is 7.96. The van der Waals surface area contributed by atoms with Crippen LogP contribution in [0.15, 0.2) is 30.5 Å². The molecule has 1 aromatic heterocycles. The number of anilines is 2. The molecule has 152 valence electrons. The van der Waals surface area contributed by atoms with Crippen LogP contribution >= 0.6 is 0 Å². The fourth-order valence-electron chi connectivity index (χ4n) is 3.64. The highest BCUT2D eigenvalue weighted by molar-refractivity contribution is 5.98. The Kier molecular flexibility index (Phi) is 5.59. The van der Waals surface area contributed by atoms with Crippen LogP contribution in [0.4, 0.5) is 11.5 Å². The normalized spacial score (nSPS) is 19.3. The summed E-state index contributed by atoms with van der Waals surface area (Å²) in [6.07, 6.45) is 5.28. The molecular formula is C21H25N5O3. The number of carboxylic acids is 1. The van der Waals surface area contributed by atoms with Gasteiger partial charge in [0.1, 0.15) is 5.56 Å². The highest BCUT2D eigenvalue weighted by Gasteiger charge is 2.30. The number of aromatic nitrogens is 2. The zero-order valence-electron chi connectivity index (χ0n) is 16.6. The first-order valence-corrected chi connectivity index (χ1v) is 9.63. The average Bonchev–Trinajstić information content (AvgIpc) is 3.12. The second kappa shape index (κ2) is 7.95. The minimum atomic E-state index is -1.01. The largest absolute Gasteiger partial charge is 0.481 e. The lowest BCUT2D eigenvalue weighted by molar-refractivity contribution is -0.142. The van der Waals surface area contributed by atoms with Crippen molar-refractivity contribution in [2.75, 3.05) is 5.32 Å². The molecule has 3 rings (SSSR count). The molecule has 2 aromatic rings. The van der Waals surface area contributed by atoms with Gasteiger partial charge in [-0.25, -0.2) is 0 Å². The monoisotopic (exact) mass is 395 g/mol. The van der Waals surface area contributed by atoms with Crippen molar-refractivity contribution in [3.8, 4) is 6.07 Å². The van der Waals surface area contributed by atoms with Crippen LogP contribution in [-0.4, -0.2) is 26.8 Å². The summed E-state index contributed by atoms with van der Waals surface area (Å²) in [4.78, 5) is 23.3. The molecule has 4 N–H and O–H groups in total. The van der Waals surface area contributed by atoms with Gasteiger partial charge < -0.3 is 16.2 Å². The number of nitrogens with one attached hydrogen (secondary N) is 1. The molecule has 0 aliphatic heterocycles. The van der Waals surface area contributed by atoms with Crippen LogP contribution < -0.4 is 11.1 Å². The number of benzene rings is 1.